The molecule has 0 saturated carbocycles. The second-order valence-corrected chi connectivity index (χ2v) is 4.78. The van der Waals surface area contributed by atoms with Crippen LogP contribution in [0.15, 0.2) is 28.7 Å². The third-order valence-electron chi connectivity index (χ3n) is 2.27. The normalized spacial score (nSPS) is 11.2. The highest BCUT2D eigenvalue weighted by atomic mass is 35.5. The molecule has 0 spiro atoms. The van der Waals surface area contributed by atoms with E-state index in [0.717, 1.165) is 15.0 Å². The van der Waals surface area contributed by atoms with E-state index in [-0.39, 0.29) is 11.7 Å². The van der Waals surface area contributed by atoms with E-state index in [4.69, 9.17) is 16.0 Å². The lowest BCUT2D eigenvalue weighted by Crippen LogP contribution is -1.73. The maximum absolute atomic E-state index is 13.0. The molecule has 86 valence electrons. The van der Waals surface area contributed by atoms with Gasteiger partial charge in [-0.05, 0) is 23.6 Å². The summed E-state index contributed by atoms with van der Waals surface area (Å²) in [6, 6.07) is 6.54. The van der Waals surface area contributed by atoms with Gasteiger partial charge in [0, 0.05) is 4.70 Å². The average Bonchev–Trinajstić information content (AvgIpc) is 2.93. The standard InChI is InChI=1S/C11H6ClFN2OS/c12-5-10-14-15-11(16-10)9-3-6-1-2-7(13)4-8(6)17-9/h1-4H,5H2. The number of thiophene rings is 1. The van der Waals surface area contributed by atoms with Gasteiger partial charge in [0.2, 0.25) is 5.89 Å². The highest BCUT2D eigenvalue weighted by molar-refractivity contribution is 7.22. The molecule has 0 atom stereocenters. The Balaban J connectivity index is 2.11. The molecule has 0 aliphatic rings. The summed E-state index contributed by atoms with van der Waals surface area (Å²) >= 11 is 6.99. The Kier molecular flexibility index (Phi) is 2.57. The van der Waals surface area contributed by atoms with Crippen LogP contribution < -0.4 is 0 Å². The van der Waals surface area contributed by atoms with E-state index in [1.807, 2.05) is 6.07 Å². The van der Waals surface area contributed by atoms with E-state index in [1.165, 1.54) is 23.5 Å². The number of hydrogen-bond donors (Lipinski definition) is 0. The van der Waals surface area contributed by atoms with Gasteiger partial charge in [0.25, 0.3) is 5.89 Å². The van der Waals surface area contributed by atoms with Crippen molar-refractivity contribution >= 4 is 33.0 Å². The topological polar surface area (TPSA) is 38.9 Å². The quantitative estimate of drug-likeness (QED) is 0.663. The molecular weight excluding hydrogens is 263 g/mol. The van der Waals surface area contributed by atoms with Crippen LogP contribution in [-0.4, -0.2) is 10.2 Å². The fourth-order valence-corrected chi connectivity index (χ4v) is 2.63. The highest BCUT2D eigenvalue weighted by Gasteiger charge is 2.11. The van der Waals surface area contributed by atoms with Crippen LogP contribution in [0.3, 0.4) is 0 Å². The van der Waals surface area contributed by atoms with Gasteiger partial charge in [-0.15, -0.1) is 33.1 Å². The van der Waals surface area contributed by atoms with Crippen LogP contribution in [0.2, 0.25) is 0 Å². The number of rotatable bonds is 2. The van der Waals surface area contributed by atoms with Crippen molar-refractivity contribution in [2.75, 3.05) is 0 Å². The molecule has 3 rings (SSSR count). The predicted molar refractivity (Wildman–Crippen MR) is 64.6 cm³/mol. The Morgan fingerprint density at radius 3 is 2.94 bits per heavy atom. The van der Waals surface area contributed by atoms with Crippen LogP contribution in [0.1, 0.15) is 5.89 Å². The first-order valence-electron chi connectivity index (χ1n) is 4.84. The lowest BCUT2D eigenvalue weighted by atomic mass is 10.2. The van der Waals surface area contributed by atoms with Crippen LogP contribution in [0, 0.1) is 5.82 Å². The zero-order valence-corrected chi connectivity index (χ0v) is 10.1. The van der Waals surface area contributed by atoms with Crippen molar-refractivity contribution in [3.05, 3.63) is 36.0 Å². The van der Waals surface area contributed by atoms with Gasteiger partial charge in [0.15, 0.2) is 0 Å². The van der Waals surface area contributed by atoms with Crippen LogP contribution in [-0.2, 0) is 5.88 Å². The Morgan fingerprint density at radius 1 is 1.29 bits per heavy atom. The first kappa shape index (κ1) is 10.7. The molecule has 17 heavy (non-hydrogen) atoms. The molecule has 0 N–H and O–H groups in total. The molecule has 0 radical (unpaired) electrons. The molecule has 0 fully saturated rings. The third kappa shape index (κ3) is 1.92. The Labute approximate surface area is 105 Å². The van der Waals surface area contributed by atoms with Gasteiger partial charge in [0.05, 0.1) is 4.88 Å². The van der Waals surface area contributed by atoms with Crippen molar-refractivity contribution < 1.29 is 8.81 Å². The number of hydrogen-bond acceptors (Lipinski definition) is 4. The fraction of sp³-hybridized carbons (Fsp3) is 0.0909. The van der Waals surface area contributed by atoms with Gasteiger partial charge in [0.1, 0.15) is 11.7 Å². The summed E-state index contributed by atoms with van der Waals surface area (Å²) in [7, 11) is 0. The van der Waals surface area contributed by atoms with E-state index in [2.05, 4.69) is 10.2 Å². The molecule has 0 bridgehead atoms. The second kappa shape index (κ2) is 4.09. The molecule has 0 aliphatic carbocycles. The molecule has 2 aromatic heterocycles. The average molecular weight is 269 g/mol. The summed E-state index contributed by atoms with van der Waals surface area (Å²) < 4.78 is 19.2. The van der Waals surface area contributed by atoms with Crippen LogP contribution in [0.25, 0.3) is 20.9 Å². The zero-order valence-electron chi connectivity index (χ0n) is 8.48. The monoisotopic (exact) mass is 268 g/mol. The molecule has 0 unspecified atom stereocenters. The summed E-state index contributed by atoms with van der Waals surface area (Å²) in [5, 5.41) is 8.63. The van der Waals surface area contributed by atoms with Gasteiger partial charge in [-0.1, -0.05) is 6.07 Å². The maximum Gasteiger partial charge on any atom is 0.257 e. The number of halogens is 2. The van der Waals surface area contributed by atoms with Crippen molar-refractivity contribution in [3.8, 4) is 10.8 Å². The van der Waals surface area contributed by atoms with Gasteiger partial charge < -0.3 is 4.42 Å². The first-order chi connectivity index (χ1) is 8.26. The van der Waals surface area contributed by atoms with Crippen molar-refractivity contribution in [1.29, 1.82) is 0 Å². The molecule has 1 aromatic carbocycles. The maximum atomic E-state index is 13.0. The minimum Gasteiger partial charge on any atom is -0.419 e. The number of alkyl halides is 1. The molecule has 0 aliphatic heterocycles. The van der Waals surface area contributed by atoms with E-state index >= 15 is 0 Å². The molecule has 3 nitrogen and oxygen atoms in total. The van der Waals surface area contributed by atoms with E-state index < -0.39 is 0 Å². The summed E-state index contributed by atoms with van der Waals surface area (Å²) in [6.45, 7) is 0. The number of nitrogens with zero attached hydrogens (tertiary/aromatic N) is 2. The molecular formula is C11H6ClFN2OS. The molecule has 3 aromatic rings. The van der Waals surface area contributed by atoms with Crippen molar-refractivity contribution in [1.82, 2.24) is 10.2 Å². The van der Waals surface area contributed by atoms with Gasteiger partial charge >= 0.3 is 0 Å². The summed E-state index contributed by atoms with van der Waals surface area (Å²) in [5.74, 6) is 0.734. The molecule has 0 amide bonds. The molecule has 6 heteroatoms. The Bertz CT molecular complexity index is 679. The van der Waals surface area contributed by atoms with Crippen molar-refractivity contribution in [3.63, 3.8) is 0 Å². The van der Waals surface area contributed by atoms with Crippen molar-refractivity contribution in [2.45, 2.75) is 5.88 Å². The Morgan fingerprint density at radius 2 is 2.18 bits per heavy atom. The van der Waals surface area contributed by atoms with E-state index in [1.54, 1.807) is 6.07 Å². The van der Waals surface area contributed by atoms with Crippen LogP contribution >= 0.6 is 22.9 Å². The molecule has 0 saturated heterocycles. The summed E-state index contributed by atoms with van der Waals surface area (Å²) in [6.07, 6.45) is 0. The summed E-state index contributed by atoms with van der Waals surface area (Å²) in [5.41, 5.74) is 0. The van der Waals surface area contributed by atoms with Crippen LogP contribution in [0.5, 0.6) is 0 Å². The number of fused-ring (bicyclic) bond motifs is 1. The predicted octanol–water partition coefficient (Wildman–Crippen LogP) is 3.83. The van der Waals surface area contributed by atoms with E-state index in [9.17, 15) is 4.39 Å². The molecule has 2 heterocycles. The van der Waals surface area contributed by atoms with Crippen molar-refractivity contribution in [2.24, 2.45) is 0 Å². The first-order valence-corrected chi connectivity index (χ1v) is 6.19. The minimum absolute atomic E-state index is 0.187. The highest BCUT2D eigenvalue weighted by Crippen LogP contribution is 2.33. The van der Waals surface area contributed by atoms with E-state index in [0.29, 0.717) is 11.8 Å². The van der Waals surface area contributed by atoms with Gasteiger partial charge in [-0.3, -0.25) is 0 Å². The fourth-order valence-electron chi connectivity index (χ4n) is 1.52. The zero-order chi connectivity index (χ0) is 11.8. The lowest BCUT2D eigenvalue weighted by molar-refractivity contribution is 0.528. The lowest BCUT2D eigenvalue weighted by Gasteiger charge is -1.86. The SMILES string of the molecule is Fc1ccc2cc(-c3nnc(CCl)o3)sc2c1. The van der Waals surface area contributed by atoms with Gasteiger partial charge in [-0.25, -0.2) is 4.39 Å². The third-order valence-corrected chi connectivity index (χ3v) is 3.59. The number of benzene rings is 1. The Hall–Kier alpha value is -1.46. The van der Waals surface area contributed by atoms with Gasteiger partial charge in [-0.2, -0.15) is 0 Å². The number of aromatic nitrogens is 2. The smallest absolute Gasteiger partial charge is 0.257 e. The minimum atomic E-state index is -0.252. The summed E-state index contributed by atoms with van der Waals surface area (Å²) in [4.78, 5) is 0.814. The second-order valence-electron chi connectivity index (χ2n) is 3.43. The largest absolute Gasteiger partial charge is 0.419 e. The van der Waals surface area contributed by atoms with Crippen LogP contribution in [0.4, 0.5) is 4.39 Å².